The fourth-order valence-electron chi connectivity index (χ4n) is 2.88. The van der Waals surface area contributed by atoms with Gasteiger partial charge in [0.2, 0.25) is 0 Å². The highest BCUT2D eigenvalue weighted by Crippen LogP contribution is 2.42. The number of nitrogens with two attached hydrogens (primary N) is 1. The molecule has 2 N–H and O–H groups in total. The standard InChI is InChI=1S/C22H19N3S/c1-16-22(26-21(24-16)17-12-14-18(23)15-13-17)25(19-8-4-2-5-9-19)20-10-6-3-7-11-20/h2-15H,23H2,1H3. The first-order chi connectivity index (χ1) is 12.7. The van der Waals surface area contributed by atoms with Gasteiger partial charge in [0.15, 0.2) is 0 Å². The molecule has 4 rings (SSSR count). The van der Waals surface area contributed by atoms with E-state index in [1.165, 1.54) is 0 Å². The summed E-state index contributed by atoms with van der Waals surface area (Å²) in [5, 5.41) is 2.11. The quantitative estimate of drug-likeness (QED) is 0.444. The van der Waals surface area contributed by atoms with Crippen molar-refractivity contribution in [1.82, 2.24) is 4.98 Å². The molecule has 0 radical (unpaired) electrons. The molecule has 0 unspecified atom stereocenters. The van der Waals surface area contributed by atoms with Gasteiger partial charge in [0.1, 0.15) is 10.0 Å². The Morgan fingerprint density at radius 3 is 1.85 bits per heavy atom. The fraction of sp³-hybridized carbons (Fsp3) is 0.0455. The average Bonchev–Trinajstić information content (AvgIpc) is 3.06. The zero-order valence-corrected chi connectivity index (χ0v) is 15.3. The second-order valence-electron chi connectivity index (χ2n) is 6.04. The van der Waals surface area contributed by atoms with Gasteiger partial charge in [0.25, 0.3) is 0 Å². The largest absolute Gasteiger partial charge is 0.399 e. The van der Waals surface area contributed by atoms with Crippen LogP contribution < -0.4 is 10.6 Å². The highest BCUT2D eigenvalue weighted by atomic mass is 32.1. The van der Waals surface area contributed by atoms with E-state index in [0.717, 1.165) is 38.3 Å². The summed E-state index contributed by atoms with van der Waals surface area (Å²) in [7, 11) is 0. The monoisotopic (exact) mass is 357 g/mol. The Bertz CT molecular complexity index is 953. The van der Waals surface area contributed by atoms with E-state index in [4.69, 9.17) is 10.7 Å². The first-order valence-corrected chi connectivity index (χ1v) is 9.27. The van der Waals surface area contributed by atoms with Gasteiger partial charge in [-0.2, -0.15) is 0 Å². The number of nitrogen functional groups attached to an aromatic ring is 1. The molecule has 0 spiro atoms. The van der Waals surface area contributed by atoms with Crippen molar-refractivity contribution in [2.24, 2.45) is 0 Å². The normalized spacial score (nSPS) is 10.7. The van der Waals surface area contributed by atoms with Crippen molar-refractivity contribution >= 4 is 33.4 Å². The predicted octanol–water partition coefficient (Wildman–Crippen LogP) is 6.17. The topological polar surface area (TPSA) is 42.1 Å². The summed E-state index contributed by atoms with van der Waals surface area (Å²) in [6.07, 6.45) is 0. The first-order valence-electron chi connectivity index (χ1n) is 8.46. The molecule has 1 heterocycles. The molecule has 0 saturated heterocycles. The lowest BCUT2D eigenvalue weighted by atomic mass is 10.2. The minimum absolute atomic E-state index is 0.762. The SMILES string of the molecule is Cc1nc(-c2ccc(N)cc2)sc1N(c1ccccc1)c1ccccc1. The Kier molecular flexibility index (Phi) is 4.42. The van der Waals surface area contributed by atoms with Gasteiger partial charge in [-0.25, -0.2) is 4.98 Å². The maximum absolute atomic E-state index is 5.81. The Hall–Kier alpha value is -3.11. The van der Waals surface area contributed by atoms with Crippen molar-refractivity contribution in [2.45, 2.75) is 6.92 Å². The van der Waals surface area contributed by atoms with Crippen molar-refractivity contribution in [3.63, 3.8) is 0 Å². The van der Waals surface area contributed by atoms with Gasteiger partial charge in [-0.3, -0.25) is 0 Å². The number of nitrogens with zero attached hydrogens (tertiary/aromatic N) is 2. The minimum atomic E-state index is 0.762. The Labute approximate surface area is 157 Å². The molecular weight excluding hydrogens is 338 g/mol. The number of rotatable bonds is 4. The smallest absolute Gasteiger partial charge is 0.125 e. The number of aromatic nitrogens is 1. The second kappa shape index (κ2) is 7.02. The van der Waals surface area contributed by atoms with Crippen LogP contribution in [0.25, 0.3) is 10.6 Å². The van der Waals surface area contributed by atoms with Crippen LogP contribution in [-0.2, 0) is 0 Å². The summed E-state index contributed by atoms with van der Waals surface area (Å²) in [6, 6.07) is 28.7. The minimum Gasteiger partial charge on any atom is -0.399 e. The third-order valence-electron chi connectivity index (χ3n) is 4.16. The van der Waals surface area contributed by atoms with Crippen LogP contribution in [0.4, 0.5) is 22.1 Å². The number of hydrogen-bond donors (Lipinski definition) is 1. The molecule has 26 heavy (non-hydrogen) atoms. The van der Waals surface area contributed by atoms with Crippen LogP contribution in [0.1, 0.15) is 5.69 Å². The predicted molar refractivity (Wildman–Crippen MR) is 111 cm³/mol. The van der Waals surface area contributed by atoms with Crippen LogP contribution in [0.2, 0.25) is 0 Å². The Balaban J connectivity index is 1.83. The number of aryl methyl sites for hydroxylation is 1. The first kappa shape index (κ1) is 16.4. The molecule has 4 heteroatoms. The van der Waals surface area contributed by atoms with Gasteiger partial charge in [-0.05, 0) is 55.5 Å². The molecule has 3 nitrogen and oxygen atoms in total. The lowest BCUT2D eigenvalue weighted by molar-refractivity contribution is 1.21. The van der Waals surface area contributed by atoms with E-state index in [9.17, 15) is 0 Å². The maximum atomic E-state index is 5.81. The summed E-state index contributed by atoms with van der Waals surface area (Å²) in [5.74, 6) is 0. The van der Waals surface area contributed by atoms with Crippen molar-refractivity contribution in [1.29, 1.82) is 0 Å². The number of anilines is 4. The summed E-state index contributed by atoms with van der Waals surface area (Å²) >= 11 is 1.69. The number of benzene rings is 3. The highest BCUT2D eigenvalue weighted by Gasteiger charge is 2.19. The van der Waals surface area contributed by atoms with Gasteiger partial charge in [0.05, 0.1) is 5.69 Å². The van der Waals surface area contributed by atoms with E-state index >= 15 is 0 Å². The van der Waals surface area contributed by atoms with E-state index in [2.05, 4.69) is 60.4 Å². The van der Waals surface area contributed by atoms with E-state index < -0.39 is 0 Å². The zero-order valence-electron chi connectivity index (χ0n) is 14.5. The second-order valence-corrected chi connectivity index (χ2v) is 7.02. The molecule has 1 aromatic heterocycles. The lowest BCUT2D eigenvalue weighted by Gasteiger charge is -2.23. The molecule has 0 fully saturated rings. The van der Waals surface area contributed by atoms with Gasteiger partial charge >= 0.3 is 0 Å². The van der Waals surface area contributed by atoms with E-state index in [-0.39, 0.29) is 0 Å². The van der Waals surface area contributed by atoms with Crippen molar-refractivity contribution in [3.05, 3.63) is 90.6 Å². The maximum Gasteiger partial charge on any atom is 0.125 e. The number of thiazole rings is 1. The van der Waals surface area contributed by atoms with Crippen LogP contribution in [0.5, 0.6) is 0 Å². The molecular formula is C22H19N3S. The molecule has 0 aliphatic carbocycles. The number of para-hydroxylation sites is 2. The van der Waals surface area contributed by atoms with Crippen LogP contribution in [0, 0.1) is 6.92 Å². The lowest BCUT2D eigenvalue weighted by Crippen LogP contribution is -2.09. The molecule has 128 valence electrons. The molecule has 0 amide bonds. The molecule has 0 bridgehead atoms. The van der Waals surface area contributed by atoms with E-state index in [1.807, 2.05) is 36.4 Å². The summed E-state index contributed by atoms with van der Waals surface area (Å²) in [4.78, 5) is 7.08. The Morgan fingerprint density at radius 2 is 1.31 bits per heavy atom. The van der Waals surface area contributed by atoms with E-state index in [1.54, 1.807) is 11.3 Å². The zero-order chi connectivity index (χ0) is 17.9. The third kappa shape index (κ3) is 3.19. The van der Waals surface area contributed by atoms with Gasteiger partial charge < -0.3 is 10.6 Å². The molecule has 0 atom stereocenters. The average molecular weight is 357 g/mol. The van der Waals surface area contributed by atoms with Crippen molar-refractivity contribution < 1.29 is 0 Å². The molecule has 0 aliphatic rings. The molecule has 3 aromatic carbocycles. The molecule has 0 aliphatic heterocycles. The Morgan fingerprint density at radius 1 is 0.769 bits per heavy atom. The summed E-state index contributed by atoms with van der Waals surface area (Å²) in [5.41, 5.74) is 10.9. The third-order valence-corrected chi connectivity index (χ3v) is 5.35. The van der Waals surface area contributed by atoms with Crippen molar-refractivity contribution in [2.75, 3.05) is 10.6 Å². The fourth-order valence-corrected chi connectivity index (χ4v) is 4.00. The highest BCUT2D eigenvalue weighted by molar-refractivity contribution is 7.19. The van der Waals surface area contributed by atoms with Crippen LogP contribution in [-0.4, -0.2) is 4.98 Å². The molecule has 4 aromatic rings. The van der Waals surface area contributed by atoms with E-state index in [0.29, 0.717) is 0 Å². The van der Waals surface area contributed by atoms with Gasteiger partial charge in [-0.15, -0.1) is 0 Å². The summed E-state index contributed by atoms with van der Waals surface area (Å²) < 4.78 is 0. The van der Waals surface area contributed by atoms with Crippen LogP contribution in [0.15, 0.2) is 84.9 Å². The van der Waals surface area contributed by atoms with Crippen LogP contribution >= 0.6 is 11.3 Å². The number of hydrogen-bond acceptors (Lipinski definition) is 4. The molecule has 0 saturated carbocycles. The van der Waals surface area contributed by atoms with Gasteiger partial charge in [0, 0.05) is 22.6 Å². The van der Waals surface area contributed by atoms with Gasteiger partial charge in [-0.1, -0.05) is 47.7 Å². The van der Waals surface area contributed by atoms with Crippen LogP contribution in [0.3, 0.4) is 0 Å². The summed E-state index contributed by atoms with van der Waals surface area (Å²) in [6.45, 7) is 2.06. The van der Waals surface area contributed by atoms with Crippen molar-refractivity contribution in [3.8, 4) is 10.6 Å².